The third kappa shape index (κ3) is 4.70. The predicted molar refractivity (Wildman–Crippen MR) is 77.9 cm³/mol. The van der Waals surface area contributed by atoms with E-state index in [4.69, 9.17) is 5.11 Å². The molecule has 0 aliphatic heterocycles. The summed E-state index contributed by atoms with van der Waals surface area (Å²) in [5.41, 5.74) is 1.27. The number of carboxylic acids is 1. The molecule has 3 heteroatoms. The number of carboxylic acid groups (broad SMARTS) is 1. The molecule has 0 radical (unpaired) electrons. The predicted octanol–water partition coefficient (Wildman–Crippen LogP) is 2.62. The first-order valence-electron chi connectivity index (χ1n) is 6.24. The van der Waals surface area contributed by atoms with Gasteiger partial charge in [0.15, 0.2) is 0 Å². The van der Waals surface area contributed by atoms with Crippen LogP contribution < -0.4 is 3.61 Å². The van der Waals surface area contributed by atoms with Gasteiger partial charge in [0.2, 0.25) is 0 Å². The molecule has 0 bridgehead atoms. The topological polar surface area (TPSA) is 37.3 Å². The van der Waals surface area contributed by atoms with Crippen LogP contribution in [-0.4, -0.2) is 32.0 Å². The van der Waals surface area contributed by atoms with Gasteiger partial charge in [0.1, 0.15) is 0 Å². The second-order valence-corrected chi connectivity index (χ2v) is 7.90. The first-order valence-corrected chi connectivity index (χ1v) is 8.75. The van der Waals surface area contributed by atoms with Crippen molar-refractivity contribution in [3.8, 4) is 0 Å². The van der Waals surface area contributed by atoms with E-state index in [1.807, 2.05) is 24.3 Å². The van der Waals surface area contributed by atoms with Crippen LogP contribution in [0.2, 0.25) is 0 Å². The first kappa shape index (κ1) is 14.1. The molecule has 0 spiro atoms. The monoisotopic (exact) mass is 370 g/mol. The van der Waals surface area contributed by atoms with Crippen molar-refractivity contribution in [2.75, 3.05) is 0 Å². The van der Waals surface area contributed by atoms with Gasteiger partial charge in [-0.2, -0.15) is 0 Å². The van der Waals surface area contributed by atoms with Crippen LogP contribution in [0.25, 0.3) is 0 Å². The van der Waals surface area contributed by atoms with E-state index in [1.54, 1.807) is 0 Å². The number of rotatable bonds is 6. The Morgan fingerprint density at radius 3 is 2.16 bits per heavy atom. The summed E-state index contributed by atoms with van der Waals surface area (Å²) >= 11 is -0.413. The Labute approximate surface area is 123 Å². The van der Waals surface area contributed by atoms with Crippen molar-refractivity contribution in [1.29, 1.82) is 0 Å². The fourth-order valence-corrected chi connectivity index (χ4v) is 5.22. The zero-order valence-electron chi connectivity index (χ0n) is 10.5. The first-order chi connectivity index (χ1) is 9.25. The molecule has 2 aromatic rings. The van der Waals surface area contributed by atoms with E-state index in [0.29, 0.717) is 3.97 Å². The minimum atomic E-state index is -0.707. The molecule has 0 saturated carbocycles. The molecule has 0 saturated heterocycles. The molecule has 1 atom stereocenters. The van der Waals surface area contributed by atoms with E-state index < -0.39 is 26.9 Å². The van der Waals surface area contributed by atoms with Crippen molar-refractivity contribution >= 4 is 30.5 Å². The van der Waals surface area contributed by atoms with E-state index in [1.165, 1.54) is 9.17 Å². The molecule has 2 rings (SSSR count). The molecule has 1 N–H and O–H groups in total. The van der Waals surface area contributed by atoms with Gasteiger partial charge in [0, 0.05) is 0 Å². The molecular formula is C16H16O2Te. The Bertz CT molecular complexity index is 511. The second kappa shape index (κ2) is 7.33. The van der Waals surface area contributed by atoms with Crippen LogP contribution in [0.4, 0.5) is 0 Å². The van der Waals surface area contributed by atoms with Crippen LogP contribution in [0, 0.1) is 0 Å². The quantitative estimate of drug-likeness (QED) is 0.797. The van der Waals surface area contributed by atoms with Gasteiger partial charge >= 0.3 is 123 Å². The fraction of sp³-hybridized carbons (Fsp3) is 0.188. The molecule has 2 aromatic carbocycles. The number of carbonyl (C=O) groups is 1. The number of aliphatic carboxylic acids is 1. The molecule has 0 amide bonds. The maximum absolute atomic E-state index is 10.8. The zero-order valence-corrected chi connectivity index (χ0v) is 12.9. The number of hydrogen-bond acceptors (Lipinski definition) is 1. The molecule has 0 aliphatic carbocycles. The van der Waals surface area contributed by atoms with Gasteiger partial charge in [0.25, 0.3) is 0 Å². The molecule has 0 aliphatic rings. The Morgan fingerprint density at radius 2 is 1.58 bits per heavy atom. The average molecular weight is 368 g/mol. The summed E-state index contributed by atoms with van der Waals surface area (Å²) in [5, 5.41) is 8.89. The van der Waals surface area contributed by atoms with Gasteiger partial charge in [-0.1, -0.05) is 0 Å². The van der Waals surface area contributed by atoms with Crippen molar-refractivity contribution in [1.82, 2.24) is 0 Å². The van der Waals surface area contributed by atoms with Gasteiger partial charge in [0.05, 0.1) is 0 Å². The molecule has 2 nitrogen and oxygen atoms in total. The summed E-state index contributed by atoms with van der Waals surface area (Å²) in [4.78, 5) is 10.8. The van der Waals surface area contributed by atoms with Crippen LogP contribution in [-0.2, 0) is 4.79 Å². The molecular weight excluding hydrogens is 352 g/mol. The Hall–Kier alpha value is -1.30. The Morgan fingerprint density at radius 1 is 1.00 bits per heavy atom. The van der Waals surface area contributed by atoms with Gasteiger partial charge in [-0.25, -0.2) is 0 Å². The van der Waals surface area contributed by atoms with E-state index >= 15 is 0 Å². The minimum absolute atomic E-state index is 0.247. The summed E-state index contributed by atoms with van der Waals surface area (Å²) in [6.07, 6.45) is 0.980. The van der Waals surface area contributed by atoms with Gasteiger partial charge < -0.3 is 0 Å². The van der Waals surface area contributed by atoms with Crippen LogP contribution >= 0.6 is 0 Å². The average Bonchev–Trinajstić information content (AvgIpc) is 2.45. The molecule has 0 aromatic heterocycles. The van der Waals surface area contributed by atoms with Crippen molar-refractivity contribution < 1.29 is 9.90 Å². The molecule has 98 valence electrons. The van der Waals surface area contributed by atoms with E-state index in [9.17, 15) is 4.79 Å². The molecule has 1 unspecified atom stereocenters. The second-order valence-electron chi connectivity index (χ2n) is 4.26. The molecule has 19 heavy (non-hydrogen) atoms. The molecule has 0 fully saturated rings. The summed E-state index contributed by atoms with van der Waals surface area (Å²) in [5.74, 6) is -0.707. The normalized spacial score (nSPS) is 12.0. The number of benzene rings is 2. The van der Waals surface area contributed by atoms with Crippen molar-refractivity contribution in [2.45, 2.75) is 16.8 Å². The number of hydrogen-bond donors (Lipinski definition) is 1. The molecule has 0 heterocycles. The van der Waals surface area contributed by atoms with Crippen LogP contribution in [0.15, 0.2) is 60.7 Å². The summed E-state index contributed by atoms with van der Waals surface area (Å²) < 4.78 is 1.78. The Kier molecular flexibility index (Phi) is 5.44. The summed E-state index contributed by atoms with van der Waals surface area (Å²) in [7, 11) is 0. The van der Waals surface area contributed by atoms with Crippen LogP contribution in [0.5, 0.6) is 0 Å². The summed E-state index contributed by atoms with van der Waals surface area (Å²) in [6, 6.07) is 20.7. The van der Waals surface area contributed by atoms with Crippen molar-refractivity contribution in [3.63, 3.8) is 0 Å². The van der Waals surface area contributed by atoms with Crippen LogP contribution in [0.1, 0.15) is 22.4 Å². The zero-order chi connectivity index (χ0) is 13.5. The van der Waals surface area contributed by atoms with Crippen LogP contribution in [0.3, 0.4) is 0 Å². The fourth-order valence-electron chi connectivity index (χ4n) is 1.88. The standard InChI is InChI=1S/C16H16O2Te/c17-16(18)12-11-15(13-7-3-1-4-8-13)19-14-9-5-2-6-10-14/h1-10,15H,11-12H2,(H,17,18). The Balaban J connectivity index is 2.12. The van der Waals surface area contributed by atoms with Crippen molar-refractivity contribution in [3.05, 3.63) is 66.2 Å². The van der Waals surface area contributed by atoms with Gasteiger partial charge in [-0.05, 0) is 0 Å². The SMILES string of the molecule is O=C(O)CCC([Te]c1ccccc1)c1ccccc1. The van der Waals surface area contributed by atoms with Gasteiger partial charge in [-0.3, -0.25) is 0 Å². The van der Waals surface area contributed by atoms with E-state index in [2.05, 4.69) is 36.4 Å². The third-order valence-corrected chi connectivity index (χ3v) is 6.63. The van der Waals surface area contributed by atoms with Gasteiger partial charge in [-0.15, -0.1) is 0 Å². The van der Waals surface area contributed by atoms with E-state index in [0.717, 1.165) is 6.42 Å². The maximum atomic E-state index is 10.8. The van der Waals surface area contributed by atoms with Crippen molar-refractivity contribution in [2.24, 2.45) is 0 Å². The third-order valence-electron chi connectivity index (χ3n) is 2.81. The summed E-state index contributed by atoms with van der Waals surface area (Å²) in [6.45, 7) is 0. The van der Waals surface area contributed by atoms with E-state index in [-0.39, 0.29) is 6.42 Å².